The van der Waals surface area contributed by atoms with Crippen LogP contribution in [0.3, 0.4) is 0 Å². The molecule has 0 spiro atoms. The molecule has 3 N–H and O–H groups in total. The number of fused-ring (bicyclic) bond motifs is 1. The number of nitrogens with two attached hydrogens (primary N) is 1. The molecule has 1 fully saturated rings. The van der Waals surface area contributed by atoms with E-state index in [1.165, 1.54) is 4.90 Å². The number of nitrogens with one attached hydrogen (secondary N) is 1. The van der Waals surface area contributed by atoms with Gasteiger partial charge in [0.25, 0.3) is 11.5 Å². The predicted octanol–water partition coefficient (Wildman–Crippen LogP) is 6.23. The van der Waals surface area contributed by atoms with E-state index in [0.717, 1.165) is 46.4 Å². The summed E-state index contributed by atoms with van der Waals surface area (Å²) in [4.78, 5) is 40.1. The molecule has 5 rings (SSSR count). The lowest BCUT2D eigenvalue weighted by Crippen LogP contribution is -2.43. The van der Waals surface area contributed by atoms with Gasteiger partial charge in [0.15, 0.2) is 0 Å². The molecule has 2 heterocycles. The Kier molecular flexibility index (Phi) is 8.29. The molecule has 0 aliphatic heterocycles. The fourth-order valence-corrected chi connectivity index (χ4v) is 6.48. The van der Waals surface area contributed by atoms with Crippen LogP contribution >= 0.6 is 11.6 Å². The maximum absolute atomic E-state index is 13.7. The van der Waals surface area contributed by atoms with E-state index < -0.39 is 5.91 Å². The van der Waals surface area contributed by atoms with Gasteiger partial charge < -0.3 is 29.8 Å². The van der Waals surface area contributed by atoms with Crippen LogP contribution < -0.4 is 21.3 Å². The highest BCUT2D eigenvalue weighted by molar-refractivity contribution is 6.30. The van der Waals surface area contributed by atoms with Gasteiger partial charge in [0.2, 0.25) is 0 Å². The molecule has 1 saturated carbocycles. The number of carbonyl (C=O) groups excluding carboxylic acids is 2. The van der Waals surface area contributed by atoms with Crippen LogP contribution in [-0.2, 0) is 7.05 Å². The lowest BCUT2D eigenvalue weighted by atomic mass is 9.90. The molecule has 4 aromatic rings. The Bertz CT molecular complexity index is 1770. The number of hydrogen-bond donors (Lipinski definition) is 2. The lowest BCUT2D eigenvalue weighted by Gasteiger charge is -2.32. The third-order valence-corrected chi connectivity index (χ3v) is 8.45. The zero-order chi connectivity index (χ0) is 31.2. The first-order valence-corrected chi connectivity index (χ1v) is 14.8. The number of hydrogen-bond acceptors (Lipinski definition) is 4. The standard InChI is InChI=1S/C33H38ClN5O4/c1-18-11-21(15-25(12-18)43-30-19(2)13-22(34)14-20(30)3)27-17-38(6)32(41)29-26(27)16-28(31(35)40)39(29)24-9-7-23(8-10-24)36-33(42)37(4)5/h11-17,23-24H,7-10H2,1-6H3,(H2,35,40)(H,36,42). The normalized spacial score (nSPS) is 16.7. The van der Waals surface area contributed by atoms with Crippen LogP contribution in [0.1, 0.15) is 58.9 Å². The number of halogens is 1. The van der Waals surface area contributed by atoms with Crippen molar-refractivity contribution in [2.45, 2.75) is 58.5 Å². The molecule has 0 unspecified atom stereocenters. The van der Waals surface area contributed by atoms with Gasteiger partial charge in [-0.2, -0.15) is 0 Å². The zero-order valence-electron chi connectivity index (χ0n) is 25.5. The van der Waals surface area contributed by atoms with Gasteiger partial charge in [-0.1, -0.05) is 17.7 Å². The Morgan fingerprint density at radius 3 is 2.26 bits per heavy atom. The first-order chi connectivity index (χ1) is 20.3. The number of aryl methyl sites for hydroxylation is 4. The number of carbonyl (C=O) groups is 2. The van der Waals surface area contributed by atoms with Gasteiger partial charge in [-0.05, 0) is 99.0 Å². The number of primary amides is 1. The van der Waals surface area contributed by atoms with E-state index >= 15 is 0 Å². The van der Waals surface area contributed by atoms with Gasteiger partial charge >= 0.3 is 6.03 Å². The number of urea groups is 1. The van der Waals surface area contributed by atoms with Crippen molar-refractivity contribution in [2.24, 2.45) is 12.8 Å². The molecule has 2 aromatic heterocycles. The van der Waals surface area contributed by atoms with Crippen molar-refractivity contribution in [1.29, 1.82) is 0 Å². The third-order valence-electron chi connectivity index (χ3n) is 8.23. The summed E-state index contributed by atoms with van der Waals surface area (Å²) in [6, 6.07) is 11.2. The topological polar surface area (TPSA) is 112 Å². The Hall–Kier alpha value is -4.24. The fraction of sp³-hybridized carbons (Fsp3) is 0.364. The SMILES string of the molecule is Cc1cc(Oc2c(C)cc(Cl)cc2C)cc(-c2cn(C)c(=O)c3c2cc(C(N)=O)n3C2CCC(NC(=O)N(C)C)CC2)c1. The van der Waals surface area contributed by atoms with Crippen molar-refractivity contribution < 1.29 is 14.3 Å². The molecule has 0 radical (unpaired) electrons. The number of aromatic nitrogens is 2. The molecule has 2 aromatic carbocycles. The molecule has 0 bridgehead atoms. The highest BCUT2D eigenvalue weighted by Gasteiger charge is 2.29. The minimum atomic E-state index is -0.589. The average Bonchev–Trinajstić information content (AvgIpc) is 3.34. The van der Waals surface area contributed by atoms with E-state index in [-0.39, 0.29) is 23.7 Å². The first-order valence-electron chi connectivity index (χ1n) is 14.4. The van der Waals surface area contributed by atoms with Crippen LogP contribution in [0.25, 0.3) is 22.0 Å². The Morgan fingerprint density at radius 2 is 1.65 bits per heavy atom. The number of rotatable bonds is 6. The molecule has 9 nitrogen and oxygen atoms in total. The quantitative estimate of drug-likeness (QED) is 0.272. The monoisotopic (exact) mass is 603 g/mol. The summed E-state index contributed by atoms with van der Waals surface area (Å²) in [6.45, 7) is 5.91. The third kappa shape index (κ3) is 5.99. The minimum absolute atomic E-state index is 0.0297. The smallest absolute Gasteiger partial charge is 0.317 e. The summed E-state index contributed by atoms with van der Waals surface area (Å²) < 4.78 is 9.77. The highest BCUT2D eigenvalue weighted by Crippen LogP contribution is 2.38. The van der Waals surface area contributed by atoms with Gasteiger partial charge in [-0.25, -0.2) is 4.79 Å². The maximum Gasteiger partial charge on any atom is 0.317 e. The van der Waals surface area contributed by atoms with E-state index in [4.69, 9.17) is 22.1 Å². The van der Waals surface area contributed by atoms with Gasteiger partial charge in [0, 0.05) is 55.4 Å². The Labute approximate surface area is 256 Å². The number of nitrogens with zero attached hydrogens (tertiary/aromatic N) is 3. The van der Waals surface area contributed by atoms with Gasteiger partial charge in [-0.3, -0.25) is 9.59 Å². The number of benzene rings is 2. The van der Waals surface area contributed by atoms with Crippen LogP contribution in [0.5, 0.6) is 11.5 Å². The summed E-state index contributed by atoms with van der Waals surface area (Å²) in [5, 5.41) is 4.37. The number of amides is 3. The molecule has 3 amide bonds. The fourth-order valence-electron chi connectivity index (χ4n) is 6.16. The van der Waals surface area contributed by atoms with Crippen molar-refractivity contribution in [1.82, 2.24) is 19.4 Å². The molecule has 0 saturated heterocycles. The summed E-state index contributed by atoms with van der Waals surface area (Å²) in [6.07, 6.45) is 4.63. The second-order valence-electron chi connectivity index (χ2n) is 11.8. The molecule has 226 valence electrons. The molecule has 43 heavy (non-hydrogen) atoms. The summed E-state index contributed by atoms with van der Waals surface area (Å²) in [5.74, 6) is 0.804. The summed E-state index contributed by atoms with van der Waals surface area (Å²) in [7, 11) is 5.14. The van der Waals surface area contributed by atoms with E-state index in [1.807, 2.05) is 55.7 Å². The van der Waals surface area contributed by atoms with Crippen molar-refractivity contribution in [2.75, 3.05) is 14.1 Å². The number of ether oxygens (including phenoxy) is 1. The van der Waals surface area contributed by atoms with E-state index in [1.54, 1.807) is 38.0 Å². The van der Waals surface area contributed by atoms with E-state index in [9.17, 15) is 14.4 Å². The van der Waals surface area contributed by atoms with Crippen LogP contribution in [0.2, 0.25) is 5.02 Å². The van der Waals surface area contributed by atoms with Crippen molar-refractivity contribution in [3.63, 3.8) is 0 Å². The largest absolute Gasteiger partial charge is 0.457 e. The maximum atomic E-state index is 13.7. The second kappa shape index (κ2) is 11.8. The van der Waals surface area contributed by atoms with Crippen LogP contribution in [0.4, 0.5) is 4.79 Å². The van der Waals surface area contributed by atoms with E-state index in [0.29, 0.717) is 40.2 Å². The van der Waals surface area contributed by atoms with Crippen LogP contribution in [-0.4, -0.2) is 46.1 Å². The molecule has 10 heteroatoms. The molecular weight excluding hydrogens is 566 g/mol. The van der Waals surface area contributed by atoms with Gasteiger partial charge in [-0.15, -0.1) is 0 Å². The highest BCUT2D eigenvalue weighted by atomic mass is 35.5. The zero-order valence-corrected chi connectivity index (χ0v) is 26.2. The summed E-state index contributed by atoms with van der Waals surface area (Å²) in [5.41, 5.74) is 10.9. The molecule has 1 aliphatic carbocycles. The molecule has 1 aliphatic rings. The van der Waals surface area contributed by atoms with Gasteiger partial charge in [0.05, 0.1) is 0 Å². The minimum Gasteiger partial charge on any atom is -0.457 e. The van der Waals surface area contributed by atoms with E-state index in [2.05, 4.69) is 5.32 Å². The van der Waals surface area contributed by atoms with Gasteiger partial charge in [0.1, 0.15) is 22.7 Å². The van der Waals surface area contributed by atoms with Crippen LogP contribution in [0.15, 0.2) is 47.4 Å². The Balaban J connectivity index is 1.58. The van der Waals surface area contributed by atoms with Crippen molar-refractivity contribution in [3.05, 3.63) is 80.4 Å². The summed E-state index contributed by atoms with van der Waals surface area (Å²) >= 11 is 6.23. The molecular formula is C33H38ClN5O4. The Morgan fingerprint density at radius 1 is 1.00 bits per heavy atom. The van der Waals surface area contributed by atoms with Crippen LogP contribution in [0, 0.1) is 20.8 Å². The average molecular weight is 604 g/mol. The second-order valence-corrected chi connectivity index (χ2v) is 12.3. The number of pyridine rings is 1. The first kappa shape index (κ1) is 30.2. The predicted molar refractivity (Wildman–Crippen MR) is 170 cm³/mol. The van der Waals surface area contributed by atoms with Crippen molar-refractivity contribution >= 4 is 34.4 Å². The molecule has 0 atom stereocenters. The lowest BCUT2D eigenvalue weighted by molar-refractivity contribution is 0.0988. The van der Waals surface area contributed by atoms with Crippen molar-refractivity contribution in [3.8, 4) is 22.6 Å².